The maximum atomic E-state index is 11.6. The zero-order chi connectivity index (χ0) is 13.6. The Labute approximate surface area is 104 Å². The quantitative estimate of drug-likeness (QED) is 0.713. The molecule has 1 amide bonds. The smallest absolute Gasteiger partial charge is 0.237 e. The fourth-order valence-corrected chi connectivity index (χ4v) is 2.15. The lowest BCUT2D eigenvalue weighted by Crippen LogP contribution is -2.37. The molecule has 0 bridgehead atoms. The molecule has 0 fully saturated rings. The Morgan fingerprint density at radius 2 is 1.76 bits per heavy atom. The van der Waals surface area contributed by atoms with E-state index in [1.807, 2.05) is 13.8 Å². The van der Waals surface area contributed by atoms with E-state index in [4.69, 9.17) is 5.73 Å². The van der Waals surface area contributed by atoms with Crippen molar-refractivity contribution in [2.24, 2.45) is 17.6 Å². The first-order valence-electron chi connectivity index (χ1n) is 5.93. The Balaban J connectivity index is 4.35. The van der Waals surface area contributed by atoms with Crippen LogP contribution < -0.4 is 10.5 Å². The van der Waals surface area contributed by atoms with Crippen LogP contribution >= 0.6 is 0 Å². The molecule has 0 saturated carbocycles. The van der Waals surface area contributed by atoms with Gasteiger partial charge in [-0.3, -0.25) is 9.52 Å². The van der Waals surface area contributed by atoms with Gasteiger partial charge in [-0.1, -0.05) is 13.8 Å². The standard InChI is InChI=1S/C11H24N2O3S/c1-8(2)5-10(7-12)6-11(14)13-17(15,16)9(3)4/h8-10H,5-7,12H2,1-4H3,(H,13,14)/t10-/m0/s1. The van der Waals surface area contributed by atoms with Crippen LogP contribution in [0.3, 0.4) is 0 Å². The van der Waals surface area contributed by atoms with Gasteiger partial charge in [0.15, 0.2) is 0 Å². The van der Waals surface area contributed by atoms with Gasteiger partial charge in [0, 0.05) is 6.42 Å². The molecule has 0 aliphatic heterocycles. The van der Waals surface area contributed by atoms with E-state index in [2.05, 4.69) is 4.72 Å². The van der Waals surface area contributed by atoms with Gasteiger partial charge in [0.1, 0.15) is 0 Å². The summed E-state index contributed by atoms with van der Waals surface area (Å²) in [6, 6.07) is 0. The van der Waals surface area contributed by atoms with E-state index >= 15 is 0 Å². The SMILES string of the molecule is CC(C)C[C@H](CN)CC(=O)NS(=O)(=O)C(C)C. The number of amides is 1. The normalized spacial score (nSPS) is 14.1. The van der Waals surface area contributed by atoms with E-state index in [-0.39, 0.29) is 12.3 Å². The van der Waals surface area contributed by atoms with Crippen LogP contribution in [0, 0.1) is 11.8 Å². The second-order valence-corrected chi connectivity index (χ2v) is 7.29. The van der Waals surface area contributed by atoms with Crippen molar-refractivity contribution < 1.29 is 13.2 Å². The maximum absolute atomic E-state index is 11.6. The maximum Gasteiger partial charge on any atom is 0.237 e. The molecule has 0 aliphatic carbocycles. The van der Waals surface area contributed by atoms with Crippen molar-refractivity contribution in [3.05, 3.63) is 0 Å². The van der Waals surface area contributed by atoms with Crippen LogP contribution in [0.2, 0.25) is 0 Å². The Morgan fingerprint density at radius 1 is 1.24 bits per heavy atom. The summed E-state index contributed by atoms with van der Waals surface area (Å²) in [7, 11) is -3.52. The van der Waals surface area contributed by atoms with E-state index in [0.29, 0.717) is 12.5 Å². The van der Waals surface area contributed by atoms with Crippen molar-refractivity contribution in [2.75, 3.05) is 6.54 Å². The van der Waals surface area contributed by atoms with Gasteiger partial charge in [-0.05, 0) is 38.6 Å². The molecular weight excluding hydrogens is 240 g/mol. The highest BCUT2D eigenvalue weighted by Crippen LogP contribution is 2.14. The third kappa shape index (κ3) is 6.63. The minimum atomic E-state index is -3.52. The number of carbonyl (C=O) groups excluding carboxylic acids is 1. The molecule has 3 N–H and O–H groups in total. The van der Waals surface area contributed by atoms with Gasteiger partial charge in [0.05, 0.1) is 5.25 Å². The van der Waals surface area contributed by atoms with Gasteiger partial charge in [-0.25, -0.2) is 8.42 Å². The molecule has 1 atom stereocenters. The van der Waals surface area contributed by atoms with Crippen molar-refractivity contribution >= 4 is 15.9 Å². The van der Waals surface area contributed by atoms with Gasteiger partial charge in [0.2, 0.25) is 15.9 Å². The van der Waals surface area contributed by atoms with Crippen LogP contribution in [-0.2, 0) is 14.8 Å². The predicted molar refractivity (Wildman–Crippen MR) is 68.8 cm³/mol. The molecule has 0 radical (unpaired) electrons. The van der Waals surface area contributed by atoms with Crippen molar-refractivity contribution in [1.82, 2.24) is 4.72 Å². The molecule has 0 rings (SSSR count). The van der Waals surface area contributed by atoms with E-state index in [9.17, 15) is 13.2 Å². The summed E-state index contributed by atoms with van der Waals surface area (Å²) in [6.07, 6.45) is 0.992. The Morgan fingerprint density at radius 3 is 2.12 bits per heavy atom. The van der Waals surface area contributed by atoms with Crippen LogP contribution in [0.5, 0.6) is 0 Å². The average Bonchev–Trinajstić information content (AvgIpc) is 2.14. The van der Waals surface area contributed by atoms with Crippen molar-refractivity contribution in [2.45, 2.75) is 45.8 Å². The highest BCUT2D eigenvalue weighted by molar-refractivity contribution is 7.90. The molecule has 0 unspecified atom stereocenters. The molecule has 0 aromatic rings. The first-order chi connectivity index (χ1) is 7.69. The van der Waals surface area contributed by atoms with E-state index in [1.54, 1.807) is 0 Å². The highest BCUT2D eigenvalue weighted by Gasteiger charge is 2.21. The number of nitrogens with one attached hydrogen (secondary N) is 1. The number of carbonyl (C=O) groups is 1. The highest BCUT2D eigenvalue weighted by atomic mass is 32.2. The van der Waals surface area contributed by atoms with E-state index in [0.717, 1.165) is 6.42 Å². The van der Waals surface area contributed by atoms with Crippen molar-refractivity contribution in [3.63, 3.8) is 0 Å². The first-order valence-corrected chi connectivity index (χ1v) is 7.48. The first kappa shape index (κ1) is 16.4. The number of hydrogen-bond donors (Lipinski definition) is 2. The topological polar surface area (TPSA) is 89.3 Å². The number of rotatable bonds is 7. The van der Waals surface area contributed by atoms with Crippen LogP contribution in [0.15, 0.2) is 0 Å². The predicted octanol–water partition coefficient (Wildman–Crippen LogP) is 0.852. The second-order valence-electron chi connectivity index (χ2n) is 5.05. The molecule has 0 saturated heterocycles. The number of sulfonamides is 1. The number of nitrogens with two attached hydrogens (primary N) is 1. The largest absolute Gasteiger partial charge is 0.330 e. The third-order valence-electron chi connectivity index (χ3n) is 2.49. The monoisotopic (exact) mass is 264 g/mol. The summed E-state index contributed by atoms with van der Waals surface area (Å²) in [5, 5.41) is -0.604. The average molecular weight is 264 g/mol. The van der Waals surface area contributed by atoms with E-state index < -0.39 is 21.2 Å². The van der Waals surface area contributed by atoms with Gasteiger partial charge >= 0.3 is 0 Å². The zero-order valence-corrected chi connectivity index (χ0v) is 11.9. The molecule has 17 heavy (non-hydrogen) atoms. The molecule has 102 valence electrons. The lowest BCUT2D eigenvalue weighted by molar-refractivity contribution is -0.120. The van der Waals surface area contributed by atoms with Crippen LogP contribution in [0.4, 0.5) is 0 Å². The summed E-state index contributed by atoms with van der Waals surface area (Å²) in [6.45, 7) is 7.55. The van der Waals surface area contributed by atoms with Gasteiger partial charge in [-0.15, -0.1) is 0 Å². The van der Waals surface area contributed by atoms with Gasteiger partial charge in [0.25, 0.3) is 0 Å². The molecule has 6 heteroatoms. The summed E-state index contributed by atoms with van der Waals surface area (Å²) in [4.78, 5) is 11.6. The Kier molecular flexibility index (Phi) is 6.70. The summed E-state index contributed by atoms with van der Waals surface area (Å²) >= 11 is 0. The third-order valence-corrected chi connectivity index (χ3v) is 4.24. The molecule has 0 aromatic heterocycles. The molecule has 0 spiro atoms. The lowest BCUT2D eigenvalue weighted by Gasteiger charge is -2.17. The van der Waals surface area contributed by atoms with Crippen LogP contribution in [0.25, 0.3) is 0 Å². The number of hydrogen-bond acceptors (Lipinski definition) is 4. The van der Waals surface area contributed by atoms with E-state index in [1.165, 1.54) is 13.8 Å². The molecule has 0 aliphatic rings. The summed E-state index contributed by atoms with van der Waals surface area (Å²) < 4.78 is 25.0. The Hall–Kier alpha value is -0.620. The fraction of sp³-hybridized carbons (Fsp3) is 0.909. The fourth-order valence-electron chi connectivity index (χ4n) is 1.51. The van der Waals surface area contributed by atoms with Crippen molar-refractivity contribution in [1.29, 1.82) is 0 Å². The summed E-state index contributed by atoms with van der Waals surface area (Å²) in [5.74, 6) is 0.0187. The van der Waals surface area contributed by atoms with Gasteiger partial charge < -0.3 is 5.73 Å². The van der Waals surface area contributed by atoms with Crippen LogP contribution in [0.1, 0.15) is 40.5 Å². The molecule has 0 aromatic carbocycles. The minimum absolute atomic E-state index is 0.0392. The van der Waals surface area contributed by atoms with Crippen LogP contribution in [-0.4, -0.2) is 26.1 Å². The molecular formula is C11H24N2O3S. The molecule has 5 nitrogen and oxygen atoms in total. The zero-order valence-electron chi connectivity index (χ0n) is 11.1. The van der Waals surface area contributed by atoms with Gasteiger partial charge in [-0.2, -0.15) is 0 Å². The summed E-state index contributed by atoms with van der Waals surface area (Å²) in [5.41, 5.74) is 5.56. The Bertz CT molecular complexity index is 337. The van der Waals surface area contributed by atoms with Crippen molar-refractivity contribution in [3.8, 4) is 0 Å². The minimum Gasteiger partial charge on any atom is -0.330 e. The second kappa shape index (κ2) is 6.96. The lowest BCUT2D eigenvalue weighted by atomic mass is 9.94. The molecule has 0 heterocycles.